The average molecular weight is 348 g/mol. The van der Waals surface area contributed by atoms with Crippen molar-refractivity contribution in [1.29, 1.82) is 0 Å². The van der Waals surface area contributed by atoms with Crippen LogP contribution in [0.5, 0.6) is 0 Å². The summed E-state index contributed by atoms with van der Waals surface area (Å²) in [4.78, 5) is 4.71. The minimum Gasteiger partial charge on any atom is -0.398 e. The van der Waals surface area contributed by atoms with Crippen molar-refractivity contribution in [2.45, 2.75) is 6.92 Å². The number of nitrogens with two attached hydrogens (primary N) is 1. The molecule has 0 spiro atoms. The lowest BCUT2D eigenvalue weighted by Crippen LogP contribution is -1.98. The first-order valence-electron chi connectivity index (χ1n) is 6.18. The lowest BCUT2D eigenvalue weighted by molar-refractivity contribution is 1.33. The second-order valence-electron chi connectivity index (χ2n) is 4.65. The summed E-state index contributed by atoms with van der Waals surface area (Å²) in [6, 6.07) is 13.8. The van der Waals surface area contributed by atoms with E-state index in [-0.39, 0.29) is 0 Å². The molecule has 20 heavy (non-hydrogen) atoms. The summed E-state index contributed by atoms with van der Waals surface area (Å²) >= 11 is 9.74. The van der Waals surface area contributed by atoms with Crippen LogP contribution >= 0.6 is 27.5 Å². The van der Waals surface area contributed by atoms with E-state index >= 15 is 0 Å². The van der Waals surface area contributed by atoms with Crippen LogP contribution in [0.15, 0.2) is 46.9 Å². The van der Waals surface area contributed by atoms with Crippen LogP contribution in [-0.2, 0) is 0 Å². The van der Waals surface area contributed by atoms with Gasteiger partial charge >= 0.3 is 0 Å². The molecule has 0 unspecified atom stereocenters. The Morgan fingerprint density at radius 3 is 2.55 bits per heavy atom. The van der Waals surface area contributed by atoms with Crippen molar-refractivity contribution in [1.82, 2.24) is 4.98 Å². The van der Waals surface area contributed by atoms with Crippen LogP contribution in [0, 0.1) is 6.92 Å². The summed E-state index contributed by atoms with van der Waals surface area (Å²) in [5.74, 6) is 0. The summed E-state index contributed by atoms with van der Waals surface area (Å²) in [6.45, 7) is 1.99. The van der Waals surface area contributed by atoms with Gasteiger partial charge < -0.3 is 5.73 Å². The number of anilines is 1. The first kappa shape index (κ1) is 13.4. The molecule has 0 saturated heterocycles. The van der Waals surface area contributed by atoms with Crippen molar-refractivity contribution in [3.05, 3.63) is 57.5 Å². The van der Waals surface area contributed by atoms with E-state index in [0.717, 1.165) is 37.9 Å². The van der Waals surface area contributed by atoms with Gasteiger partial charge in [0, 0.05) is 21.1 Å². The molecule has 2 nitrogen and oxygen atoms in total. The fourth-order valence-electron chi connectivity index (χ4n) is 2.29. The molecule has 0 amide bonds. The Hall–Kier alpha value is -1.58. The second kappa shape index (κ2) is 5.08. The number of hydrogen-bond donors (Lipinski definition) is 1. The third-order valence-electron chi connectivity index (χ3n) is 3.35. The Kier molecular flexibility index (Phi) is 3.40. The third kappa shape index (κ3) is 2.17. The zero-order valence-electron chi connectivity index (χ0n) is 10.8. The van der Waals surface area contributed by atoms with Crippen molar-refractivity contribution in [2.75, 3.05) is 5.73 Å². The lowest BCUT2D eigenvalue weighted by atomic mass is 10.0. The minimum absolute atomic E-state index is 0.596. The third-order valence-corrected chi connectivity index (χ3v) is 4.09. The normalized spacial score (nSPS) is 10.9. The van der Waals surface area contributed by atoms with E-state index in [9.17, 15) is 0 Å². The number of benzene rings is 2. The van der Waals surface area contributed by atoms with E-state index in [1.165, 1.54) is 0 Å². The van der Waals surface area contributed by atoms with Crippen molar-refractivity contribution in [2.24, 2.45) is 0 Å². The van der Waals surface area contributed by atoms with Crippen LogP contribution in [-0.4, -0.2) is 4.98 Å². The molecule has 0 radical (unpaired) electrons. The molecule has 2 aromatic carbocycles. The molecule has 1 heterocycles. The van der Waals surface area contributed by atoms with Gasteiger partial charge in [-0.1, -0.05) is 57.9 Å². The first-order valence-corrected chi connectivity index (χ1v) is 7.35. The highest BCUT2D eigenvalue weighted by Gasteiger charge is 2.13. The summed E-state index contributed by atoms with van der Waals surface area (Å²) in [6.07, 6.45) is 0. The summed E-state index contributed by atoms with van der Waals surface area (Å²) in [5, 5.41) is 1.47. The fourth-order valence-corrected chi connectivity index (χ4v) is 3.14. The maximum absolute atomic E-state index is 6.30. The number of nitrogen functional groups attached to an aromatic ring is 1. The van der Waals surface area contributed by atoms with Crippen molar-refractivity contribution in [3.63, 3.8) is 0 Å². The Morgan fingerprint density at radius 2 is 1.85 bits per heavy atom. The molecular formula is C16H12BrClN2. The van der Waals surface area contributed by atoms with Gasteiger partial charge in [-0.3, -0.25) is 0 Å². The minimum atomic E-state index is 0.596. The van der Waals surface area contributed by atoms with Gasteiger partial charge in [0.15, 0.2) is 0 Å². The molecule has 2 N–H and O–H groups in total. The standard InChI is InChI=1S/C16H12BrClN2/c1-9-14(19)12-7-11(17)8-13(18)16(12)20-15(9)10-5-3-2-4-6-10/h2-8H,1H3,(H2,19,20). The first-order chi connectivity index (χ1) is 9.58. The Morgan fingerprint density at radius 1 is 1.15 bits per heavy atom. The molecule has 1 aromatic heterocycles. The van der Waals surface area contributed by atoms with Crippen molar-refractivity contribution < 1.29 is 0 Å². The molecule has 4 heteroatoms. The topological polar surface area (TPSA) is 38.9 Å². The number of fused-ring (bicyclic) bond motifs is 1. The number of aromatic nitrogens is 1. The molecule has 0 aliphatic carbocycles. The summed E-state index contributed by atoms with van der Waals surface area (Å²) in [5.41, 5.74) is 10.6. The largest absolute Gasteiger partial charge is 0.398 e. The van der Waals surface area contributed by atoms with Gasteiger partial charge in [0.25, 0.3) is 0 Å². The predicted octanol–water partition coefficient (Wildman–Crippen LogP) is 5.21. The van der Waals surface area contributed by atoms with Gasteiger partial charge in [-0.15, -0.1) is 0 Å². The zero-order valence-corrected chi connectivity index (χ0v) is 13.2. The highest BCUT2D eigenvalue weighted by Crippen LogP contribution is 2.36. The van der Waals surface area contributed by atoms with E-state index in [1.807, 2.05) is 49.4 Å². The fraction of sp³-hybridized carbons (Fsp3) is 0.0625. The SMILES string of the molecule is Cc1c(-c2ccccc2)nc2c(Cl)cc(Br)cc2c1N. The molecule has 100 valence electrons. The zero-order chi connectivity index (χ0) is 14.3. The van der Waals surface area contributed by atoms with Gasteiger partial charge in [0.2, 0.25) is 0 Å². The smallest absolute Gasteiger partial charge is 0.0917 e. The predicted molar refractivity (Wildman–Crippen MR) is 89.0 cm³/mol. The van der Waals surface area contributed by atoms with E-state index in [4.69, 9.17) is 22.3 Å². The number of rotatable bonds is 1. The number of nitrogens with zero attached hydrogens (tertiary/aromatic N) is 1. The average Bonchev–Trinajstić information content (AvgIpc) is 2.44. The van der Waals surface area contributed by atoms with E-state index in [2.05, 4.69) is 15.9 Å². The van der Waals surface area contributed by atoms with E-state index in [0.29, 0.717) is 5.02 Å². The lowest BCUT2D eigenvalue weighted by Gasteiger charge is -2.12. The van der Waals surface area contributed by atoms with Gasteiger partial charge in [-0.25, -0.2) is 4.98 Å². The molecule has 0 bridgehead atoms. The number of pyridine rings is 1. The van der Waals surface area contributed by atoms with E-state index in [1.54, 1.807) is 0 Å². The van der Waals surface area contributed by atoms with E-state index < -0.39 is 0 Å². The highest BCUT2D eigenvalue weighted by atomic mass is 79.9. The number of halogens is 2. The highest BCUT2D eigenvalue weighted by molar-refractivity contribution is 9.10. The van der Waals surface area contributed by atoms with Crippen LogP contribution in [0.25, 0.3) is 22.2 Å². The van der Waals surface area contributed by atoms with Crippen molar-refractivity contribution >= 4 is 44.1 Å². The molecule has 0 fully saturated rings. The second-order valence-corrected chi connectivity index (χ2v) is 5.97. The van der Waals surface area contributed by atoms with Gasteiger partial charge in [-0.05, 0) is 24.6 Å². The molecule has 0 aliphatic heterocycles. The maximum atomic E-state index is 6.30. The van der Waals surface area contributed by atoms with Crippen LogP contribution in [0.2, 0.25) is 5.02 Å². The van der Waals surface area contributed by atoms with Crippen LogP contribution in [0.3, 0.4) is 0 Å². The van der Waals surface area contributed by atoms with Crippen LogP contribution < -0.4 is 5.73 Å². The monoisotopic (exact) mass is 346 g/mol. The molecule has 0 atom stereocenters. The Balaban J connectivity index is 2.39. The molecule has 3 aromatic rings. The van der Waals surface area contributed by atoms with Gasteiger partial charge in [-0.2, -0.15) is 0 Å². The molecule has 0 saturated carbocycles. The molecular weight excluding hydrogens is 336 g/mol. The van der Waals surface area contributed by atoms with Crippen molar-refractivity contribution in [3.8, 4) is 11.3 Å². The van der Waals surface area contributed by atoms with Crippen LogP contribution in [0.1, 0.15) is 5.56 Å². The maximum Gasteiger partial charge on any atom is 0.0917 e. The number of hydrogen-bond acceptors (Lipinski definition) is 2. The van der Waals surface area contributed by atoms with Gasteiger partial charge in [0.1, 0.15) is 0 Å². The Bertz CT molecular complexity index is 801. The molecule has 3 rings (SSSR count). The summed E-state index contributed by atoms with van der Waals surface area (Å²) in [7, 11) is 0. The van der Waals surface area contributed by atoms with Crippen LogP contribution in [0.4, 0.5) is 5.69 Å². The quantitative estimate of drug-likeness (QED) is 0.656. The summed E-state index contributed by atoms with van der Waals surface area (Å²) < 4.78 is 0.898. The molecule has 0 aliphatic rings. The Labute approximate surface area is 130 Å². The van der Waals surface area contributed by atoms with Gasteiger partial charge in [0.05, 0.1) is 16.2 Å².